The number of rotatable bonds is 7. The van der Waals surface area contributed by atoms with Crippen molar-refractivity contribution in [3.8, 4) is 5.75 Å². The Balaban J connectivity index is 2.04. The summed E-state index contributed by atoms with van der Waals surface area (Å²) in [6, 6.07) is 12.2. The molecule has 2 aromatic rings. The maximum absolute atomic E-state index is 13.1. The second kappa shape index (κ2) is 7.55. The molecule has 0 aliphatic carbocycles. The van der Waals surface area contributed by atoms with Crippen molar-refractivity contribution in [1.29, 1.82) is 0 Å². The maximum atomic E-state index is 13.1. The van der Waals surface area contributed by atoms with Gasteiger partial charge in [0.1, 0.15) is 18.1 Å². The van der Waals surface area contributed by atoms with Crippen LogP contribution in [-0.2, 0) is 21.7 Å². The molecule has 1 aliphatic rings. The fraction of sp³-hybridized carbons (Fsp3) is 0.238. The highest BCUT2D eigenvalue weighted by atomic mass is 35.5. The Labute approximate surface area is 162 Å². The molecule has 1 unspecified atom stereocenters. The molecule has 27 heavy (non-hydrogen) atoms. The van der Waals surface area contributed by atoms with Crippen LogP contribution in [0.2, 0.25) is 5.02 Å². The first-order chi connectivity index (χ1) is 12.9. The van der Waals surface area contributed by atoms with Crippen LogP contribution in [0.3, 0.4) is 0 Å². The molecule has 0 spiro atoms. The molecule has 0 fully saturated rings. The average Bonchev–Trinajstić information content (AvgIpc) is 2.83. The second-order valence-corrected chi connectivity index (χ2v) is 6.88. The third-order valence-electron chi connectivity index (χ3n) is 4.46. The summed E-state index contributed by atoms with van der Waals surface area (Å²) in [5.41, 5.74) is -0.389. The molecule has 5 nitrogen and oxygen atoms in total. The largest absolute Gasteiger partial charge is 0.489 e. The number of hydrogen-bond acceptors (Lipinski definition) is 4. The number of carbonyl (C=O) groups excluding carboxylic acids is 2. The smallest absolute Gasteiger partial charge is 0.264 e. The van der Waals surface area contributed by atoms with Crippen LogP contribution in [0.25, 0.3) is 0 Å². The van der Waals surface area contributed by atoms with Gasteiger partial charge in [0, 0.05) is 17.5 Å². The quantitative estimate of drug-likeness (QED) is 0.739. The number of nitrogens with zero attached hydrogens (tertiary/aromatic N) is 1. The van der Waals surface area contributed by atoms with Gasteiger partial charge in [-0.2, -0.15) is 0 Å². The fourth-order valence-corrected chi connectivity index (χ4v) is 3.62. The average molecular weight is 386 g/mol. The van der Waals surface area contributed by atoms with Gasteiger partial charge in [0.05, 0.1) is 17.3 Å². The number of halogens is 1. The molecule has 140 valence electrons. The number of ether oxygens (including phenoxy) is 1. The molecule has 1 N–H and O–H groups in total. The third-order valence-corrected chi connectivity index (χ3v) is 4.77. The van der Waals surface area contributed by atoms with E-state index in [1.54, 1.807) is 30.3 Å². The van der Waals surface area contributed by atoms with E-state index in [2.05, 4.69) is 6.58 Å². The zero-order chi connectivity index (χ0) is 19.6. The van der Waals surface area contributed by atoms with Crippen molar-refractivity contribution in [2.75, 3.05) is 11.5 Å². The number of carbonyl (C=O) groups is 2. The van der Waals surface area contributed by atoms with E-state index in [1.165, 1.54) is 11.8 Å². The van der Waals surface area contributed by atoms with Crippen molar-refractivity contribution >= 4 is 29.0 Å². The number of hydrogen-bond donors (Lipinski definition) is 1. The van der Waals surface area contributed by atoms with Crippen LogP contribution in [0.1, 0.15) is 24.5 Å². The van der Waals surface area contributed by atoms with Crippen molar-refractivity contribution in [2.45, 2.75) is 25.5 Å². The summed E-state index contributed by atoms with van der Waals surface area (Å²) in [6.45, 7) is 5.47. The zero-order valence-corrected chi connectivity index (χ0v) is 15.7. The van der Waals surface area contributed by atoms with E-state index in [1.807, 2.05) is 18.2 Å². The van der Waals surface area contributed by atoms with E-state index >= 15 is 0 Å². The van der Waals surface area contributed by atoms with Crippen LogP contribution in [0.5, 0.6) is 5.75 Å². The normalized spacial score (nSPS) is 18.3. The number of Topliss-reactive ketones (excluding diaryl/α,β-unsaturated/α-hetero) is 1. The van der Waals surface area contributed by atoms with Gasteiger partial charge < -0.3 is 14.7 Å². The van der Waals surface area contributed by atoms with Gasteiger partial charge in [0.15, 0.2) is 5.60 Å². The Morgan fingerprint density at radius 2 is 2.04 bits per heavy atom. The van der Waals surface area contributed by atoms with Crippen molar-refractivity contribution in [2.24, 2.45) is 0 Å². The van der Waals surface area contributed by atoms with Gasteiger partial charge >= 0.3 is 0 Å². The van der Waals surface area contributed by atoms with E-state index < -0.39 is 11.5 Å². The Bertz CT molecular complexity index is 911. The first kappa shape index (κ1) is 19.1. The molecular weight excluding hydrogens is 366 g/mol. The lowest BCUT2D eigenvalue weighted by molar-refractivity contribution is -0.141. The Kier molecular flexibility index (Phi) is 5.35. The SMILES string of the molecule is C=CCOc1ccccc1CN1C(=O)C(O)(CC(C)=O)c2cccc(Cl)c21. The van der Waals surface area contributed by atoms with Crippen LogP contribution >= 0.6 is 11.6 Å². The first-order valence-electron chi connectivity index (χ1n) is 8.53. The number of aliphatic hydroxyl groups is 1. The van der Waals surface area contributed by atoms with Crippen molar-refractivity contribution in [3.63, 3.8) is 0 Å². The van der Waals surface area contributed by atoms with Crippen LogP contribution < -0.4 is 9.64 Å². The van der Waals surface area contributed by atoms with Gasteiger partial charge in [-0.25, -0.2) is 0 Å². The Hall–Kier alpha value is -2.63. The highest BCUT2D eigenvalue weighted by Crippen LogP contribution is 2.47. The lowest BCUT2D eigenvalue weighted by atomic mass is 9.90. The molecule has 0 aromatic heterocycles. The van der Waals surface area contributed by atoms with Crippen molar-refractivity contribution in [1.82, 2.24) is 0 Å². The highest BCUT2D eigenvalue weighted by Gasteiger charge is 2.51. The van der Waals surface area contributed by atoms with Gasteiger partial charge in [0.2, 0.25) is 0 Å². The van der Waals surface area contributed by atoms with E-state index in [0.717, 1.165) is 5.56 Å². The number of amides is 1. The Morgan fingerprint density at radius 3 is 2.74 bits per heavy atom. The summed E-state index contributed by atoms with van der Waals surface area (Å²) < 4.78 is 5.66. The minimum Gasteiger partial charge on any atom is -0.489 e. The summed E-state index contributed by atoms with van der Waals surface area (Å²) >= 11 is 6.35. The van der Waals surface area contributed by atoms with E-state index in [0.29, 0.717) is 28.6 Å². The van der Waals surface area contributed by atoms with Gasteiger partial charge in [0.25, 0.3) is 5.91 Å². The molecule has 2 aromatic carbocycles. The van der Waals surface area contributed by atoms with E-state index in [9.17, 15) is 14.7 Å². The highest BCUT2D eigenvalue weighted by molar-refractivity contribution is 6.35. The minimum absolute atomic E-state index is 0.156. The maximum Gasteiger partial charge on any atom is 0.264 e. The van der Waals surface area contributed by atoms with Gasteiger partial charge in [-0.1, -0.05) is 54.6 Å². The standard InChI is InChI=1S/C21H20ClNO4/c1-3-11-27-18-10-5-4-7-15(18)13-23-19-16(8-6-9-17(19)22)21(26,20(23)25)12-14(2)24/h3-10,26H,1,11-13H2,2H3. The topological polar surface area (TPSA) is 66.8 Å². The number of para-hydroxylation sites is 2. The molecule has 0 bridgehead atoms. The molecular formula is C21H20ClNO4. The van der Waals surface area contributed by atoms with Gasteiger partial charge in [-0.05, 0) is 19.1 Å². The zero-order valence-electron chi connectivity index (χ0n) is 14.9. The summed E-state index contributed by atoms with van der Waals surface area (Å²) in [4.78, 5) is 26.2. The van der Waals surface area contributed by atoms with Crippen LogP contribution in [0.15, 0.2) is 55.1 Å². The lowest BCUT2D eigenvalue weighted by Crippen LogP contribution is -2.41. The second-order valence-electron chi connectivity index (χ2n) is 6.47. The molecule has 1 atom stereocenters. The molecule has 0 radical (unpaired) electrons. The summed E-state index contributed by atoms with van der Waals surface area (Å²) in [7, 11) is 0. The van der Waals surface area contributed by atoms with Crippen LogP contribution in [0, 0.1) is 0 Å². The Morgan fingerprint density at radius 1 is 1.30 bits per heavy atom. The van der Waals surface area contributed by atoms with Gasteiger partial charge in [-0.15, -0.1) is 0 Å². The monoisotopic (exact) mass is 385 g/mol. The molecule has 1 heterocycles. The summed E-state index contributed by atoms with van der Waals surface area (Å²) in [5.74, 6) is -0.242. The molecule has 6 heteroatoms. The lowest BCUT2D eigenvalue weighted by Gasteiger charge is -2.23. The number of anilines is 1. The van der Waals surface area contributed by atoms with E-state index in [4.69, 9.17) is 16.3 Å². The molecule has 1 aliphatic heterocycles. The number of ketones is 1. The predicted octanol–water partition coefficient (Wildman–Crippen LogP) is 3.62. The van der Waals surface area contributed by atoms with E-state index in [-0.39, 0.29) is 18.7 Å². The van der Waals surface area contributed by atoms with Gasteiger partial charge in [-0.3, -0.25) is 9.59 Å². The fourth-order valence-electron chi connectivity index (χ4n) is 3.34. The first-order valence-corrected chi connectivity index (χ1v) is 8.90. The van der Waals surface area contributed by atoms with Crippen LogP contribution in [0.4, 0.5) is 5.69 Å². The molecule has 1 amide bonds. The van der Waals surface area contributed by atoms with Crippen molar-refractivity contribution < 1.29 is 19.4 Å². The van der Waals surface area contributed by atoms with Crippen molar-refractivity contribution in [3.05, 3.63) is 71.3 Å². The molecule has 0 saturated carbocycles. The molecule has 3 rings (SSSR count). The third kappa shape index (κ3) is 3.48. The van der Waals surface area contributed by atoms with Crippen LogP contribution in [-0.4, -0.2) is 23.4 Å². The number of fused-ring (bicyclic) bond motifs is 1. The minimum atomic E-state index is -1.91. The summed E-state index contributed by atoms with van der Waals surface area (Å²) in [6.07, 6.45) is 1.33. The number of benzene rings is 2. The molecule has 0 saturated heterocycles. The summed E-state index contributed by atoms with van der Waals surface area (Å²) in [5, 5.41) is 11.4. The predicted molar refractivity (Wildman–Crippen MR) is 104 cm³/mol.